The molecular formula is C8H14O2. The summed E-state index contributed by atoms with van der Waals surface area (Å²) >= 11 is 0. The second-order valence-corrected chi connectivity index (χ2v) is 2.57. The molecule has 0 atom stereocenters. The Morgan fingerprint density at radius 1 is 1.50 bits per heavy atom. The first-order valence-electron chi connectivity index (χ1n) is 3.34. The summed E-state index contributed by atoms with van der Waals surface area (Å²) in [4.78, 5) is 10.6. The lowest BCUT2D eigenvalue weighted by atomic mass is 10.1. The predicted octanol–water partition coefficient (Wildman–Crippen LogP) is 1.76. The Morgan fingerprint density at radius 3 is 2.30 bits per heavy atom. The normalized spacial score (nSPS) is 11.9. The molecule has 2 heteroatoms. The zero-order chi connectivity index (χ0) is 8.15. The molecule has 0 unspecified atom stereocenters. The van der Waals surface area contributed by atoms with Crippen LogP contribution in [0.4, 0.5) is 0 Å². The van der Waals surface area contributed by atoms with Crippen LogP contribution in [-0.4, -0.2) is 13.1 Å². The minimum absolute atomic E-state index is 0.272. The second kappa shape index (κ2) is 4.09. The van der Waals surface area contributed by atoms with Crippen molar-refractivity contribution in [3.05, 3.63) is 11.6 Å². The van der Waals surface area contributed by atoms with Gasteiger partial charge in [0, 0.05) is 6.08 Å². The summed E-state index contributed by atoms with van der Waals surface area (Å²) < 4.78 is 4.46. The summed E-state index contributed by atoms with van der Waals surface area (Å²) in [6, 6.07) is 0. The van der Waals surface area contributed by atoms with E-state index in [-0.39, 0.29) is 5.97 Å². The second-order valence-electron chi connectivity index (χ2n) is 2.57. The molecule has 10 heavy (non-hydrogen) atoms. The molecule has 0 fully saturated rings. The number of ether oxygens (including phenoxy) is 1. The number of hydrogen-bond donors (Lipinski definition) is 0. The van der Waals surface area contributed by atoms with Crippen LogP contribution in [-0.2, 0) is 9.53 Å². The molecule has 0 aromatic heterocycles. The first kappa shape index (κ1) is 9.21. The minimum Gasteiger partial charge on any atom is -0.466 e. The number of rotatable bonds is 2. The van der Waals surface area contributed by atoms with Gasteiger partial charge in [0.2, 0.25) is 0 Å². The van der Waals surface area contributed by atoms with Gasteiger partial charge in [-0.3, -0.25) is 0 Å². The summed E-state index contributed by atoms with van der Waals surface area (Å²) in [5.74, 6) is 0.144. The van der Waals surface area contributed by atoms with E-state index < -0.39 is 0 Å². The standard InChI is InChI=1S/C8H14O2/c1-6(2)7(3)5-8(9)10-4/h5-6H,1-4H3/b7-5+. The van der Waals surface area contributed by atoms with E-state index in [9.17, 15) is 4.79 Å². The highest BCUT2D eigenvalue weighted by molar-refractivity contribution is 5.82. The molecule has 0 radical (unpaired) electrons. The van der Waals surface area contributed by atoms with E-state index >= 15 is 0 Å². The third-order valence-corrected chi connectivity index (χ3v) is 1.46. The first-order chi connectivity index (χ1) is 4.57. The summed E-state index contributed by atoms with van der Waals surface area (Å²) in [5, 5.41) is 0. The Hall–Kier alpha value is -0.790. The van der Waals surface area contributed by atoms with E-state index in [2.05, 4.69) is 4.74 Å². The average Bonchev–Trinajstić information content (AvgIpc) is 1.87. The summed E-state index contributed by atoms with van der Waals surface area (Å²) in [6.45, 7) is 5.99. The van der Waals surface area contributed by atoms with Crippen LogP contribution in [0.25, 0.3) is 0 Å². The van der Waals surface area contributed by atoms with Gasteiger partial charge < -0.3 is 4.74 Å². The van der Waals surface area contributed by atoms with Gasteiger partial charge in [0.25, 0.3) is 0 Å². The zero-order valence-corrected chi connectivity index (χ0v) is 6.97. The molecule has 0 aliphatic rings. The van der Waals surface area contributed by atoms with Crippen LogP contribution >= 0.6 is 0 Å². The van der Waals surface area contributed by atoms with Gasteiger partial charge in [-0.15, -0.1) is 0 Å². The van der Waals surface area contributed by atoms with Crippen LogP contribution in [0.3, 0.4) is 0 Å². The highest BCUT2D eigenvalue weighted by Crippen LogP contribution is 2.06. The molecule has 0 aliphatic carbocycles. The van der Waals surface area contributed by atoms with Crippen molar-refractivity contribution in [3.63, 3.8) is 0 Å². The van der Waals surface area contributed by atoms with E-state index in [1.54, 1.807) is 0 Å². The number of hydrogen-bond acceptors (Lipinski definition) is 2. The Balaban J connectivity index is 4.03. The lowest BCUT2D eigenvalue weighted by Gasteiger charge is -2.02. The van der Waals surface area contributed by atoms with Crippen LogP contribution in [0, 0.1) is 5.92 Å². The largest absolute Gasteiger partial charge is 0.466 e. The highest BCUT2D eigenvalue weighted by atomic mass is 16.5. The Kier molecular flexibility index (Phi) is 3.77. The quantitative estimate of drug-likeness (QED) is 0.434. The summed E-state index contributed by atoms with van der Waals surface area (Å²) in [6.07, 6.45) is 1.52. The van der Waals surface area contributed by atoms with Crippen LogP contribution in [0.5, 0.6) is 0 Å². The van der Waals surface area contributed by atoms with E-state index in [0.29, 0.717) is 5.92 Å². The van der Waals surface area contributed by atoms with Crippen LogP contribution < -0.4 is 0 Å². The van der Waals surface area contributed by atoms with Crippen molar-refractivity contribution in [2.24, 2.45) is 5.92 Å². The molecule has 0 saturated carbocycles. The van der Waals surface area contributed by atoms with Gasteiger partial charge in [-0.1, -0.05) is 19.4 Å². The third kappa shape index (κ3) is 3.28. The van der Waals surface area contributed by atoms with Gasteiger partial charge in [0.15, 0.2) is 0 Å². The molecule has 0 aromatic carbocycles. The lowest BCUT2D eigenvalue weighted by Crippen LogP contribution is -1.98. The monoisotopic (exact) mass is 142 g/mol. The van der Waals surface area contributed by atoms with Crippen molar-refractivity contribution in [2.75, 3.05) is 7.11 Å². The van der Waals surface area contributed by atoms with Crippen LogP contribution in [0.1, 0.15) is 20.8 Å². The van der Waals surface area contributed by atoms with Gasteiger partial charge in [-0.05, 0) is 12.8 Å². The molecule has 0 spiro atoms. The molecule has 0 heterocycles. The average molecular weight is 142 g/mol. The van der Waals surface area contributed by atoms with Crippen molar-refractivity contribution in [3.8, 4) is 0 Å². The molecule has 0 amide bonds. The van der Waals surface area contributed by atoms with Crippen LogP contribution in [0.15, 0.2) is 11.6 Å². The first-order valence-corrected chi connectivity index (χ1v) is 3.34. The Morgan fingerprint density at radius 2 is 2.00 bits per heavy atom. The molecule has 0 aromatic rings. The van der Waals surface area contributed by atoms with Crippen molar-refractivity contribution in [1.29, 1.82) is 0 Å². The van der Waals surface area contributed by atoms with E-state index in [0.717, 1.165) is 5.57 Å². The summed E-state index contributed by atoms with van der Waals surface area (Å²) in [7, 11) is 1.38. The van der Waals surface area contributed by atoms with Crippen molar-refractivity contribution in [2.45, 2.75) is 20.8 Å². The third-order valence-electron chi connectivity index (χ3n) is 1.46. The molecule has 2 nitrogen and oxygen atoms in total. The molecule has 0 bridgehead atoms. The van der Waals surface area contributed by atoms with E-state index in [1.807, 2.05) is 20.8 Å². The molecule has 0 N–H and O–H groups in total. The lowest BCUT2D eigenvalue weighted by molar-refractivity contribution is -0.134. The van der Waals surface area contributed by atoms with E-state index in [1.165, 1.54) is 13.2 Å². The van der Waals surface area contributed by atoms with Gasteiger partial charge in [0.1, 0.15) is 0 Å². The highest BCUT2D eigenvalue weighted by Gasteiger charge is 1.99. The van der Waals surface area contributed by atoms with Crippen LogP contribution in [0.2, 0.25) is 0 Å². The molecular weight excluding hydrogens is 128 g/mol. The maximum absolute atomic E-state index is 10.6. The molecule has 0 saturated heterocycles. The number of carbonyl (C=O) groups is 1. The maximum atomic E-state index is 10.6. The van der Waals surface area contributed by atoms with Gasteiger partial charge in [-0.2, -0.15) is 0 Å². The number of methoxy groups -OCH3 is 1. The topological polar surface area (TPSA) is 26.3 Å². The maximum Gasteiger partial charge on any atom is 0.330 e. The number of carbonyl (C=O) groups excluding carboxylic acids is 1. The van der Waals surface area contributed by atoms with Gasteiger partial charge in [-0.25, -0.2) is 4.79 Å². The van der Waals surface area contributed by atoms with Gasteiger partial charge in [0.05, 0.1) is 7.11 Å². The molecule has 58 valence electrons. The van der Waals surface area contributed by atoms with Crippen molar-refractivity contribution < 1.29 is 9.53 Å². The number of allylic oxidation sites excluding steroid dienone is 1. The van der Waals surface area contributed by atoms with Gasteiger partial charge >= 0.3 is 5.97 Å². The zero-order valence-electron chi connectivity index (χ0n) is 6.97. The van der Waals surface area contributed by atoms with E-state index in [4.69, 9.17) is 0 Å². The predicted molar refractivity (Wildman–Crippen MR) is 40.6 cm³/mol. The Labute approximate surface area is 61.9 Å². The fourth-order valence-corrected chi connectivity index (χ4v) is 0.411. The number of esters is 1. The smallest absolute Gasteiger partial charge is 0.330 e. The molecule has 0 rings (SSSR count). The SMILES string of the molecule is COC(=O)/C=C(\C)C(C)C. The fourth-order valence-electron chi connectivity index (χ4n) is 0.411. The Bertz CT molecular complexity index is 145. The summed E-state index contributed by atoms with van der Waals surface area (Å²) in [5.41, 5.74) is 1.05. The van der Waals surface area contributed by atoms with Crippen molar-refractivity contribution in [1.82, 2.24) is 0 Å². The minimum atomic E-state index is -0.272. The molecule has 0 aliphatic heterocycles. The van der Waals surface area contributed by atoms with Crippen molar-refractivity contribution >= 4 is 5.97 Å². The fraction of sp³-hybridized carbons (Fsp3) is 0.625.